The van der Waals surface area contributed by atoms with Crippen LogP contribution in [0.15, 0.2) is 24.3 Å². The average molecular weight is 350 g/mol. The molecule has 5 atom stereocenters. The maximum Gasteiger partial charge on any atom is 0.191 e. The number of ether oxygens (including phenoxy) is 5. The van der Waals surface area contributed by atoms with Gasteiger partial charge in [-0.25, -0.2) is 0 Å². The number of aryl methyl sites for hydroxylation is 1. The molecule has 1 aromatic rings. The van der Waals surface area contributed by atoms with Crippen LogP contribution in [0.25, 0.3) is 0 Å². The first-order valence-electron chi connectivity index (χ1n) is 8.74. The lowest BCUT2D eigenvalue weighted by molar-refractivity contribution is -0.250. The molecule has 3 heterocycles. The van der Waals surface area contributed by atoms with Gasteiger partial charge < -0.3 is 28.8 Å². The van der Waals surface area contributed by atoms with Crippen molar-refractivity contribution in [2.45, 2.75) is 76.4 Å². The summed E-state index contributed by atoms with van der Waals surface area (Å²) in [6, 6.07) is 7.72. The maximum atomic E-state index is 11.9. The molecule has 0 unspecified atom stereocenters. The summed E-state index contributed by atoms with van der Waals surface area (Å²) in [6.45, 7) is 9.65. The second kappa shape index (κ2) is 5.49. The van der Waals surface area contributed by atoms with Crippen molar-refractivity contribution in [2.75, 3.05) is 6.61 Å². The monoisotopic (exact) mass is 350 g/mol. The summed E-state index contributed by atoms with van der Waals surface area (Å²) in [7, 11) is 0. The highest BCUT2D eigenvalue weighted by atomic mass is 16.8. The maximum absolute atomic E-state index is 11.9. The summed E-state index contributed by atoms with van der Waals surface area (Å²) >= 11 is 0. The van der Waals surface area contributed by atoms with Crippen molar-refractivity contribution in [3.63, 3.8) is 0 Å². The van der Waals surface area contributed by atoms with Gasteiger partial charge in [0.2, 0.25) is 0 Å². The molecule has 0 radical (unpaired) electrons. The van der Waals surface area contributed by atoms with Gasteiger partial charge >= 0.3 is 0 Å². The normalized spacial score (nSPS) is 41.8. The molecule has 3 fully saturated rings. The Bertz CT molecular complexity index is 672. The van der Waals surface area contributed by atoms with Crippen molar-refractivity contribution < 1.29 is 28.8 Å². The van der Waals surface area contributed by atoms with Crippen LogP contribution in [0.1, 0.15) is 38.8 Å². The first kappa shape index (κ1) is 17.4. The minimum atomic E-state index is -1.39. The molecule has 0 aliphatic carbocycles. The fourth-order valence-corrected chi connectivity index (χ4v) is 4.10. The molecule has 1 N–H and O–H groups in total. The lowest BCUT2D eigenvalue weighted by atomic mass is 9.80. The number of fused-ring (bicyclic) bond motifs is 1. The van der Waals surface area contributed by atoms with E-state index in [2.05, 4.69) is 0 Å². The Kier molecular flexibility index (Phi) is 3.82. The van der Waals surface area contributed by atoms with Crippen molar-refractivity contribution in [1.82, 2.24) is 0 Å². The van der Waals surface area contributed by atoms with Crippen molar-refractivity contribution in [1.29, 1.82) is 0 Å². The Morgan fingerprint density at radius 1 is 0.960 bits per heavy atom. The molecule has 0 aromatic heterocycles. The van der Waals surface area contributed by atoms with Crippen LogP contribution in [0.3, 0.4) is 0 Å². The zero-order valence-electron chi connectivity index (χ0n) is 15.3. The van der Waals surface area contributed by atoms with Crippen molar-refractivity contribution in [3.8, 4) is 0 Å². The molecule has 0 bridgehead atoms. The average Bonchev–Trinajstić information content (AvgIpc) is 3.10. The topological polar surface area (TPSA) is 66.4 Å². The summed E-state index contributed by atoms with van der Waals surface area (Å²) in [5.74, 6) is -1.53. The summed E-state index contributed by atoms with van der Waals surface area (Å²) in [4.78, 5) is 0. The fourth-order valence-electron chi connectivity index (χ4n) is 4.10. The molecule has 138 valence electrons. The minimum Gasteiger partial charge on any atom is -0.379 e. The first-order valence-corrected chi connectivity index (χ1v) is 8.74. The summed E-state index contributed by atoms with van der Waals surface area (Å²) < 4.78 is 29.7. The molecule has 0 spiro atoms. The van der Waals surface area contributed by atoms with Crippen LogP contribution >= 0.6 is 0 Å². The Morgan fingerprint density at radius 2 is 1.68 bits per heavy atom. The smallest absolute Gasteiger partial charge is 0.191 e. The Hall–Kier alpha value is -1.02. The Labute approximate surface area is 148 Å². The van der Waals surface area contributed by atoms with Crippen molar-refractivity contribution in [3.05, 3.63) is 35.4 Å². The van der Waals surface area contributed by atoms with Gasteiger partial charge in [-0.05, 0) is 45.7 Å². The van der Waals surface area contributed by atoms with Crippen LogP contribution in [-0.4, -0.2) is 47.9 Å². The molecule has 0 amide bonds. The lowest BCUT2D eigenvalue weighted by Gasteiger charge is -2.37. The number of aliphatic hydroxyl groups is 1. The van der Waals surface area contributed by atoms with Gasteiger partial charge in [0.05, 0.1) is 6.61 Å². The molecule has 1 aromatic carbocycles. The third-order valence-electron chi connectivity index (χ3n) is 5.15. The number of rotatable bonds is 2. The number of hydrogen-bond donors (Lipinski definition) is 1. The van der Waals surface area contributed by atoms with Crippen molar-refractivity contribution >= 4 is 0 Å². The molecule has 3 aliphatic heterocycles. The second-order valence-electron chi connectivity index (χ2n) is 7.99. The summed E-state index contributed by atoms with van der Waals surface area (Å²) in [5, 5.41) is 11.9. The van der Waals surface area contributed by atoms with Gasteiger partial charge in [-0.15, -0.1) is 0 Å². The summed E-state index contributed by atoms with van der Waals surface area (Å²) in [5.41, 5.74) is 0.339. The first-order chi connectivity index (χ1) is 11.6. The largest absolute Gasteiger partial charge is 0.379 e. The van der Waals surface area contributed by atoms with E-state index in [4.69, 9.17) is 23.7 Å². The molecule has 0 saturated carbocycles. The molecule has 6 nitrogen and oxygen atoms in total. The van der Waals surface area contributed by atoms with E-state index in [0.717, 1.165) is 11.1 Å². The van der Waals surface area contributed by atoms with E-state index < -0.39 is 41.8 Å². The van der Waals surface area contributed by atoms with Gasteiger partial charge in [0.1, 0.15) is 23.9 Å². The standard InChI is InChI=1S/C19H26O6/c1-11-8-6-7-9-12(11)19(20)14(13-10-21-17(2,3)23-13)22-16-15(19)24-18(4,5)25-16/h6-9,13-16,20H,10H2,1-5H3/t13-,14-,15+,16-,19-/m1/s1. The van der Waals surface area contributed by atoms with E-state index in [-0.39, 0.29) is 0 Å². The third kappa shape index (κ3) is 2.72. The molecule has 6 heteroatoms. The zero-order chi connectivity index (χ0) is 18.0. The second-order valence-corrected chi connectivity index (χ2v) is 7.99. The quantitative estimate of drug-likeness (QED) is 0.882. The Morgan fingerprint density at radius 3 is 2.32 bits per heavy atom. The van der Waals surface area contributed by atoms with Crippen LogP contribution in [0.2, 0.25) is 0 Å². The highest BCUT2D eigenvalue weighted by molar-refractivity contribution is 5.36. The van der Waals surface area contributed by atoms with Gasteiger partial charge in [0, 0.05) is 0 Å². The molecular formula is C19H26O6. The van der Waals surface area contributed by atoms with Gasteiger partial charge in [-0.1, -0.05) is 24.3 Å². The van der Waals surface area contributed by atoms with Gasteiger partial charge in [0.25, 0.3) is 0 Å². The van der Waals surface area contributed by atoms with Gasteiger partial charge in [0.15, 0.2) is 17.9 Å². The molecule has 4 rings (SSSR count). The van der Waals surface area contributed by atoms with E-state index >= 15 is 0 Å². The predicted molar refractivity (Wildman–Crippen MR) is 88.7 cm³/mol. The molecule has 3 saturated heterocycles. The van der Waals surface area contributed by atoms with Gasteiger partial charge in [-0.2, -0.15) is 0 Å². The van der Waals surface area contributed by atoms with Crippen LogP contribution in [0.4, 0.5) is 0 Å². The zero-order valence-corrected chi connectivity index (χ0v) is 15.3. The van der Waals surface area contributed by atoms with Crippen LogP contribution in [0, 0.1) is 6.92 Å². The number of benzene rings is 1. The predicted octanol–water partition coefficient (Wildman–Crippen LogP) is 2.21. The van der Waals surface area contributed by atoms with Gasteiger partial charge in [-0.3, -0.25) is 0 Å². The number of hydrogen-bond acceptors (Lipinski definition) is 6. The van der Waals surface area contributed by atoms with Crippen LogP contribution in [-0.2, 0) is 29.3 Å². The third-order valence-corrected chi connectivity index (χ3v) is 5.15. The molecule has 25 heavy (non-hydrogen) atoms. The van der Waals surface area contributed by atoms with E-state index in [0.29, 0.717) is 6.61 Å². The summed E-state index contributed by atoms with van der Waals surface area (Å²) in [6.07, 6.45) is -2.36. The lowest BCUT2D eigenvalue weighted by Crippen LogP contribution is -2.52. The Balaban J connectivity index is 1.76. The van der Waals surface area contributed by atoms with E-state index in [1.807, 2.05) is 58.9 Å². The van der Waals surface area contributed by atoms with Crippen LogP contribution < -0.4 is 0 Å². The highest BCUT2D eigenvalue weighted by Crippen LogP contribution is 2.51. The minimum absolute atomic E-state index is 0.342. The van der Waals surface area contributed by atoms with E-state index in [1.54, 1.807) is 0 Å². The highest BCUT2D eigenvalue weighted by Gasteiger charge is 2.67. The van der Waals surface area contributed by atoms with E-state index in [9.17, 15) is 5.11 Å². The fraction of sp³-hybridized carbons (Fsp3) is 0.684. The molecule has 3 aliphatic rings. The SMILES string of the molecule is Cc1ccccc1[C@@]1(O)[C@@H]([C@H]2COC(C)(C)O2)O[C@@H]2OC(C)(C)O[C@@H]21. The van der Waals surface area contributed by atoms with Crippen LogP contribution in [0.5, 0.6) is 0 Å². The van der Waals surface area contributed by atoms with Crippen molar-refractivity contribution in [2.24, 2.45) is 0 Å². The molecular weight excluding hydrogens is 324 g/mol. The van der Waals surface area contributed by atoms with E-state index in [1.165, 1.54) is 0 Å².